The van der Waals surface area contributed by atoms with Crippen LogP contribution in [0.25, 0.3) is 0 Å². The van der Waals surface area contributed by atoms with E-state index in [9.17, 15) is 14.1 Å². The number of nitrogens with zero attached hydrogens (tertiary/aromatic N) is 2. The summed E-state index contributed by atoms with van der Waals surface area (Å²) in [6, 6.07) is 5.75. The second kappa shape index (κ2) is 8.24. The number of carbonyl (C=O) groups is 2. The summed E-state index contributed by atoms with van der Waals surface area (Å²) in [5, 5.41) is 0. The number of likely N-dealkylation sites (tertiary alicyclic amines) is 1. The zero-order valence-electron chi connectivity index (χ0n) is 19.7. The van der Waals surface area contributed by atoms with Crippen LogP contribution in [0, 0.1) is 5.41 Å². The summed E-state index contributed by atoms with van der Waals surface area (Å²) in [5.41, 5.74) is 2.70. The minimum atomic E-state index is -1.41. The van der Waals surface area contributed by atoms with Crippen LogP contribution in [0.15, 0.2) is 22.6 Å². The summed E-state index contributed by atoms with van der Waals surface area (Å²) < 4.78 is 22.8. The summed E-state index contributed by atoms with van der Waals surface area (Å²) in [5.74, 6) is -0.000196. The number of amides is 1. The van der Waals surface area contributed by atoms with Crippen LogP contribution in [0.4, 0.5) is 4.79 Å². The highest BCUT2D eigenvalue weighted by Crippen LogP contribution is 2.46. The van der Waals surface area contributed by atoms with Gasteiger partial charge in [0.15, 0.2) is 5.78 Å². The number of hydrogen-bond donors (Lipinski definition) is 0. The quantitative estimate of drug-likeness (QED) is 0.486. The van der Waals surface area contributed by atoms with Crippen molar-refractivity contribution in [1.29, 1.82) is 0 Å². The molecule has 1 heterocycles. The molecule has 1 aromatic carbocycles. The maximum atomic E-state index is 13.0. The average Bonchev–Trinajstić information content (AvgIpc) is 2.92. The van der Waals surface area contributed by atoms with Gasteiger partial charge >= 0.3 is 6.09 Å². The molecule has 0 N–H and O–H groups in total. The third kappa shape index (κ3) is 5.14. The van der Waals surface area contributed by atoms with Crippen LogP contribution in [0.5, 0.6) is 0 Å². The van der Waals surface area contributed by atoms with E-state index in [1.807, 2.05) is 59.7 Å². The molecule has 7 heteroatoms. The van der Waals surface area contributed by atoms with Gasteiger partial charge in [0.1, 0.15) is 27.4 Å². The van der Waals surface area contributed by atoms with E-state index >= 15 is 0 Å². The molecule has 1 atom stereocenters. The van der Waals surface area contributed by atoms with Gasteiger partial charge < -0.3 is 14.2 Å². The Morgan fingerprint density at radius 1 is 1.13 bits per heavy atom. The highest BCUT2D eigenvalue weighted by Gasteiger charge is 2.48. The molecule has 0 unspecified atom stereocenters. The van der Waals surface area contributed by atoms with Crippen molar-refractivity contribution in [3.05, 3.63) is 34.9 Å². The number of hydrogen-bond acceptors (Lipinski definition) is 5. The lowest BCUT2D eigenvalue weighted by Gasteiger charge is -2.39. The molecule has 0 saturated carbocycles. The Hall–Kier alpha value is -1.86. The third-order valence-electron chi connectivity index (χ3n) is 5.87. The highest BCUT2D eigenvalue weighted by molar-refractivity contribution is 7.91. The van der Waals surface area contributed by atoms with Gasteiger partial charge in [-0.1, -0.05) is 16.5 Å². The summed E-state index contributed by atoms with van der Waals surface area (Å²) in [6.07, 6.45) is 1.92. The fourth-order valence-electron chi connectivity index (χ4n) is 4.13. The molecule has 1 aliphatic heterocycles. The van der Waals surface area contributed by atoms with Crippen LogP contribution in [0.3, 0.4) is 0 Å². The zero-order chi connectivity index (χ0) is 23.2. The lowest BCUT2D eigenvalue weighted by Crippen LogP contribution is -2.47. The maximum absolute atomic E-state index is 13.0. The Balaban J connectivity index is 1.93. The topological polar surface area (TPSA) is 82.0 Å². The van der Waals surface area contributed by atoms with Gasteiger partial charge in [0, 0.05) is 29.6 Å². The fraction of sp³-hybridized carbons (Fsp3) is 0.625. The predicted octanol–water partition coefficient (Wildman–Crippen LogP) is 4.71. The van der Waals surface area contributed by atoms with Crippen LogP contribution >= 0.6 is 0 Å². The van der Waals surface area contributed by atoms with Crippen molar-refractivity contribution < 1.29 is 18.9 Å². The number of piperidine rings is 1. The van der Waals surface area contributed by atoms with Crippen LogP contribution in [-0.2, 0) is 22.5 Å². The predicted molar refractivity (Wildman–Crippen MR) is 124 cm³/mol. The SMILES string of the molecule is CC(=O)c1ccc2c(c1)C(=N[S@+]([O-])C(C)(C)C)C1(CCN(C(=O)OC(C)(C)C)CC1)C2. The lowest BCUT2D eigenvalue weighted by molar-refractivity contribution is 0.0159. The molecule has 0 radical (unpaired) electrons. The van der Waals surface area contributed by atoms with Gasteiger partial charge in [-0.2, -0.15) is 0 Å². The second-order valence-electron chi connectivity index (χ2n) is 10.7. The number of benzene rings is 1. The molecular weight excluding hydrogens is 412 g/mol. The Morgan fingerprint density at radius 3 is 2.26 bits per heavy atom. The minimum absolute atomic E-state index is 0.000196. The molecule has 1 saturated heterocycles. The molecular formula is C24H34N2O4S. The Bertz CT molecular complexity index is 903. The minimum Gasteiger partial charge on any atom is -0.591 e. The first kappa shape index (κ1) is 23.8. The van der Waals surface area contributed by atoms with Crippen molar-refractivity contribution in [1.82, 2.24) is 4.90 Å². The van der Waals surface area contributed by atoms with Crippen molar-refractivity contribution in [2.75, 3.05) is 13.1 Å². The van der Waals surface area contributed by atoms with Crippen molar-refractivity contribution in [3.63, 3.8) is 0 Å². The number of ether oxygens (including phenoxy) is 1. The van der Waals surface area contributed by atoms with E-state index in [0.29, 0.717) is 18.7 Å². The van der Waals surface area contributed by atoms with Crippen molar-refractivity contribution in [2.24, 2.45) is 9.81 Å². The van der Waals surface area contributed by atoms with E-state index in [-0.39, 0.29) is 17.3 Å². The largest absolute Gasteiger partial charge is 0.591 e. The third-order valence-corrected chi connectivity index (χ3v) is 7.27. The number of Topliss-reactive ketones (excluding diaryl/α,β-unsaturated/α-hetero) is 1. The van der Waals surface area contributed by atoms with Gasteiger partial charge in [-0.15, -0.1) is 0 Å². The molecule has 2 aliphatic rings. The summed E-state index contributed by atoms with van der Waals surface area (Å²) in [6.45, 7) is 14.0. The fourth-order valence-corrected chi connectivity index (χ4v) is 4.86. The average molecular weight is 447 g/mol. The normalized spacial score (nSPS) is 20.6. The smallest absolute Gasteiger partial charge is 0.410 e. The highest BCUT2D eigenvalue weighted by atomic mass is 32.2. The first-order valence-corrected chi connectivity index (χ1v) is 12.0. The molecule has 1 spiro atoms. The van der Waals surface area contributed by atoms with Gasteiger partial charge in [-0.3, -0.25) is 4.79 Å². The van der Waals surface area contributed by atoms with E-state index in [2.05, 4.69) is 0 Å². The van der Waals surface area contributed by atoms with Gasteiger partial charge in [0.25, 0.3) is 0 Å². The molecule has 1 amide bonds. The van der Waals surface area contributed by atoms with Crippen LogP contribution in [-0.4, -0.2) is 50.5 Å². The van der Waals surface area contributed by atoms with Gasteiger partial charge in [0.05, 0.1) is 0 Å². The number of ketones is 1. The first-order valence-electron chi connectivity index (χ1n) is 10.9. The molecule has 170 valence electrons. The summed E-state index contributed by atoms with van der Waals surface area (Å²) >= 11 is -1.41. The lowest BCUT2D eigenvalue weighted by atomic mass is 9.74. The Kier molecular flexibility index (Phi) is 6.33. The van der Waals surface area contributed by atoms with Crippen molar-refractivity contribution >= 4 is 29.0 Å². The van der Waals surface area contributed by atoms with Gasteiger partial charge in [0.2, 0.25) is 0 Å². The molecule has 0 bridgehead atoms. The molecule has 1 fully saturated rings. The van der Waals surface area contributed by atoms with Crippen LogP contribution < -0.4 is 0 Å². The summed E-state index contributed by atoms with van der Waals surface area (Å²) in [7, 11) is 0. The van der Waals surface area contributed by atoms with Gasteiger partial charge in [-0.05, 0) is 79.4 Å². The van der Waals surface area contributed by atoms with E-state index < -0.39 is 21.7 Å². The number of carbonyl (C=O) groups excluding carboxylic acids is 2. The van der Waals surface area contributed by atoms with E-state index in [0.717, 1.165) is 36.1 Å². The molecule has 31 heavy (non-hydrogen) atoms. The Morgan fingerprint density at radius 2 is 1.74 bits per heavy atom. The Labute approximate surface area is 188 Å². The van der Waals surface area contributed by atoms with Gasteiger partial charge in [-0.25, -0.2) is 4.79 Å². The summed E-state index contributed by atoms with van der Waals surface area (Å²) in [4.78, 5) is 26.3. The van der Waals surface area contributed by atoms with E-state index in [4.69, 9.17) is 9.13 Å². The van der Waals surface area contributed by atoms with Crippen molar-refractivity contribution in [3.8, 4) is 0 Å². The number of fused-ring (bicyclic) bond motifs is 1. The van der Waals surface area contributed by atoms with Crippen LogP contribution in [0.2, 0.25) is 0 Å². The first-order chi connectivity index (χ1) is 14.2. The van der Waals surface area contributed by atoms with E-state index in [1.165, 1.54) is 0 Å². The number of rotatable bonds is 2. The standard InChI is InChI=1S/C24H34N2O4S/c1-16(27)17-8-9-18-15-24(20(19(18)14-17)25-31(29)23(5,6)7)10-12-26(13-11-24)21(28)30-22(2,3)4/h8-9,14H,10-13,15H2,1-7H3/t31-/m1/s1. The molecule has 3 rings (SSSR count). The molecule has 0 aromatic heterocycles. The second-order valence-corrected chi connectivity index (χ2v) is 12.6. The van der Waals surface area contributed by atoms with Crippen LogP contribution in [0.1, 0.15) is 82.8 Å². The molecule has 6 nitrogen and oxygen atoms in total. The monoisotopic (exact) mass is 446 g/mol. The van der Waals surface area contributed by atoms with E-state index in [1.54, 1.807) is 11.8 Å². The zero-order valence-corrected chi connectivity index (χ0v) is 20.5. The van der Waals surface area contributed by atoms with Crippen molar-refractivity contribution in [2.45, 2.75) is 78.1 Å². The molecule has 1 aliphatic carbocycles. The molecule has 1 aromatic rings. The maximum Gasteiger partial charge on any atom is 0.410 e.